The molecule has 0 bridgehead atoms. The average molecular weight is 431 g/mol. The summed E-state index contributed by atoms with van der Waals surface area (Å²) in [6.45, 7) is 5.01. The van der Waals surface area contributed by atoms with Crippen molar-refractivity contribution >= 4 is 16.9 Å². The van der Waals surface area contributed by atoms with Gasteiger partial charge in [-0.2, -0.15) is 0 Å². The third kappa shape index (κ3) is 2.98. The van der Waals surface area contributed by atoms with Crippen molar-refractivity contribution in [1.82, 2.24) is 9.55 Å². The number of esters is 1. The number of nitrogens with one attached hydrogen (secondary N) is 1. The smallest absolute Gasteiger partial charge is 0.340 e. The Bertz CT molecular complexity index is 1350. The Morgan fingerprint density at radius 3 is 2.62 bits per heavy atom. The van der Waals surface area contributed by atoms with E-state index in [1.165, 1.54) is 0 Å². The second kappa shape index (κ2) is 7.79. The first-order chi connectivity index (χ1) is 15.6. The molecule has 0 radical (unpaired) electrons. The number of ether oxygens (including phenoxy) is 3. The fourth-order valence-corrected chi connectivity index (χ4v) is 4.84. The number of benzene rings is 2. The number of aromatic nitrogens is 2. The quantitative estimate of drug-likeness (QED) is 0.433. The van der Waals surface area contributed by atoms with E-state index >= 15 is 0 Å². The van der Waals surface area contributed by atoms with Crippen molar-refractivity contribution in [2.24, 2.45) is 0 Å². The predicted molar refractivity (Wildman–Crippen MR) is 125 cm³/mol. The second-order valence-electron chi connectivity index (χ2n) is 7.95. The molecule has 1 N–H and O–H groups in total. The van der Waals surface area contributed by atoms with Gasteiger partial charge in [-0.1, -0.05) is 6.07 Å². The maximum Gasteiger partial charge on any atom is 0.340 e. The largest absolute Gasteiger partial charge is 0.493 e. The summed E-state index contributed by atoms with van der Waals surface area (Å²) in [5, 5.41) is 1.10. The average Bonchev–Trinajstić information content (AvgIpc) is 3.40. The van der Waals surface area contributed by atoms with E-state index in [0.717, 1.165) is 57.5 Å². The Labute approximate surface area is 186 Å². The zero-order valence-electron chi connectivity index (χ0n) is 18.7. The Balaban J connectivity index is 1.81. The number of fused-ring (bicyclic) bond motifs is 4. The summed E-state index contributed by atoms with van der Waals surface area (Å²) in [5.41, 5.74) is 7.64. The number of H-pyrrole nitrogens is 1. The number of aryl methyl sites for hydroxylation is 1. The Kier molecular flexibility index (Phi) is 4.93. The summed E-state index contributed by atoms with van der Waals surface area (Å²) >= 11 is 0. The molecule has 6 heteroatoms. The molecule has 1 aliphatic rings. The molecule has 2 aromatic carbocycles. The van der Waals surface area contributed by atoms with Crippen molar-refractivity contribution in [1.29, 1.82) is 0 Å². The van der Waals surface area contributed by atoms with Crippen LogP contribution in [0.2, 0.25) is 0 Å². The number of carbonyl (C=O) groups excluding carboxylic acids is 1. The minimum atomic E-state index is -0.309. The van der Waals surface area contributed by atoms with Gasteiger partial charge in [-0.3, -0.25) is 0 Å². The molecule has 0 fully saturated rings. The molecular weight excluding hydrogens is 404 g/mol. The molecule has 3 heterocycles. The maximum absolute atomic E-state index is 13.3. The number of carbonyl (C=O) groups is 1. The molecule has 0 saturated carbocycles. The summed E-state index contributed by atoms with van der Waals surface area (Å²) in [5.74, 6) is 1.03. The third-order valence-electron chi connectivity index (χ3n) is 6.31. The molecule has 0 spiro atoms. The van der Waals surface area contributed by atoms with Crippen LogP contribution in [0.4, 0.5) is 0 Å². The lowest BCUT2D eigenvalue weighted by Crippen LogP contribution is -2.15. The maximum atomic E-state index is 13.3. The lowest BCUT2D eigenvalue weighted by Gasteiger charge is -2.23. The van der Waals surface area contributed by atoms with Crippen LogP contribution in [0.3, 0.4) is 0 Å². The minimum absolute atomic E-state index is 0.309. The first-order valence-electron chi connectivity index (χ1n) is 10.8. The fourth-order valence-electron chi connectivity index (χ4n) is 4.84. The molecule has 0 amide bonds. The number of nitrogens with zero attached hydrogens (tertiary/aromatic N) is 1. The van der Waals surface area contributed by atoms with Crippen LogP contribution in [0, 0.1) is 6.92 Å². The SMILES string of the molecule is CCOC(=O)c1c(-c2ccc3[nH]ccc3c2)c(C)n2c1-c1cc(OC)c(OC)cc1CC2. The van der Waals surface area contributed by atoms with E-state index in [-0.39, 0.29) is 5.97 Å². The van der Waals surface area contributed by atoms with Crippen LogP contribution >= 0.6 is 0 Å². The van der Waals surface area contributed by atoms with Crippen molar-refractivity contribution in [3.63, 3.8) is 0 Å². The van der Waals surface area contributed by atoms with Gasteiger partial charge >= 0.3 is 5.97 Å². The summed E-state index contributed by atoms with van der Waals surface area (Å²) in [6, 6.07) is 12.3. The standard InChI is InChI=1S/C26H26N2O4/c1-5-32-26(29)24-23(18-6-7-20-17(12-18)8-10-27-20)15(2)28-11-9-16-13-21(30-3)22(31-4)14-19(16)25(24)28/h6-8,10,12-14,27H,5,9,11H2,1-4H3. The van der Waals surface area contributed by atoms with Gasteiger partial charge in [0.1, 0.15) is 0 Å². The fraction of sp³-hybridized carbons (Fsp3) is 0.269. The van der Waals surface area contributed by atoms with E-state index in [1.807, 2.05) is 31.3 Å². The first kappa shape index (κ1) is 20.2. The van der Waals surface area contributed by atoms with Crippen molar-refractivity contribution in [3.8, 4) is 33.9 Å². The summed E-state index contributed by atoms with van der Waals surface area (Å²) in [4.78, 5) is 16.6. The molecule has 0 atom stereocenters. The molecule has 4 aromatic rings. The van der Waals surface area contributed by atoms with Crippen molar-refractivity contribution in [3.05, 3.63) is 59.4 Å². The molecule has 32 heavy (non-hydrogen) atoms. The van der Waals surface area contributed by atoms with Crippen LogP contribution in [-0.2, 0) is 17.7 Å². The Hall–Kier alpha value is -3.67. The second-order valence-corrected chi connectivity index (χ2v) is 7.95. The van der Waals surface area contributed by atoms with Gasteiger partial charge < -0.3 is 23.8 Å². The van der Waals surface area contributed by atoms with Gasteiger partial charge in [0.2, 0.25) is 0 Å². The zero-order valence-corrected chi connectivity index (χ0v) is 18.7. The molecule has 0 saturated heterocycles. The van der Waals surface area contributed by atoms with Crippen molar-refractivity contribution in [2.45, 2.75) is 26.8 Å². The highest BCUT2D eigenvalue weighted by Crippen LogP contribution is 2.45. The van der Waals surface area contributed by atoms with Gasteiger partial charge in [-0.05, 0) is 67.1 Å². The summed E-state index contributed by atoms with van der Waals surface area (Å²) < 4.78 is 18.9. The minimum Gasteiger partial charge on any atom is -0.493 e. The molecule has 164 valence electrons. The molecule has 1 aliphatic heterocycles. The van der Waals surface area contributed by atoms with Crippen molar-refractivity contribution < 1.29 is 19.0 Å². The zero-order chi connectivity index (χ0) is 22.4. The van der Waals surface area contributed by atoms with Gasteiger partial charge in [-0.15, -0.1) is 0 Å². The highest BCUT2D eigenvalue weighted by atomic mass is 16.5. The van der Waals surface area contributed by atoms with Gasteiger partial charge in [0.05, 0.1) is 32.1 Å². The number of hydrogen-bond acceptors (Lipinski definition) is 4. The van der Waals surface area contributed by atoms with E-state index in [4.69, 9.17) is 14.2 Å². The van der Waals surface area contributed by atoms with Gasteiger partial charge in [0.15, 0.2) is 11.5 Å². The Morgan fingerprint density at radius 2 is 1.88 bits per heavy atom. The van der Waals surface area contributed by atoms with Crippen LogP contribution in [0.25, 0.3) is 33.3 Å². The van der Waals surface area contributed by atoms with E-state index in [2.05, 4.69) is 34.7 Å². The van der Waals surface area contributed by atoms with Crippen LogP contribution in [-0.4, -0.2) is 36.3 Å². The number of methoxy groups -OCH3 is 2. The molecular formula is C26H26N2O4. The number of hydrogen-bond donors (Lipinski definition) is 1. The molecule has 0 unspecified atom stereocenters. The lowest BCUT2D eigenvalue weighted by molar-refractivity contribution is 0.0528. The number of aromatic amines is 1. The highest BCUT2D eigenvalue weighted by Gasteiger charge is 2.32. The van der Waals surface area contributed by atoms with E-state index in [1.54, 1.807) is 14.2 Å². The normalized spacial score (nSPS) is 12.4. The van der Waals surface area contributed by atoms with Gasteiger partial charge in [0, 0.05) is 35.1 Å². The first-order valence-corrected chi connectivity index (χ1v) is 10.8. The Morgan fingerprint density at radius 1 is 1.09 bits per heavy atom. The predicted octanol–water partition coefficient (Wildman–Crippen LogP) is 5.36. The number of rotatable bonds is 5. The monoisotopic (exact) mass is 430 g/mol. The highest BCUT2D eigenvalue weighted by molar-refractivity contribution is 6.06. The lowest BCUT2D eigenvalue weighted by atomic mass is 9.93. The molecule has 6 nitrogen and oxygen atoms in total. The summed E-state index contributed by atoms with van der Waals surface area (Å²) in [6.07, 6.45) is 2.77. The van der Waals surface area contributed by atoms with Crippen LogP contribution < -0.4 is 9.47 Å². The molecule has 2 aromatic heterocycles. The van der Waals surface area contributed by atoms with Crippen LogP contribution in [0.1, 0.15) is 28.5 Å². The van der Waals surface area contributed by atoms with Gasteiger partial charge in [-0.25, -0.2) is 4.79 Å². The summed E-state index contributed by atoms with van der Waals surface area (Å²) in [7, 11) is 3.26. The van der Waals surface area contributed by atoms with Crippen LogP contribution in [0.15, 0.2) is 42.6 Å². The van der Waals surface area contributed by atoms with Crippen LogP contribution in [0.5, 0.6) is 11.5 Å². The van der Waals surface area contributed by atoms with E-state index in [9.17, 15) is 4.79 Å². The van der Waals surface area contributed by atoms with Crippen molar-refractivity contribution in [2.75, 3.05) is 20.8 Å². The topological polar surface area (TPSA) is 65.5 Å². The van der Waals surface area contributed by atoms with E-state index in [0.29, 0.717) is 23.7 Å². The van der Waals surface area contributed by atoms with Gasteiger partial charge in [0.25, 0.3) is 0 Å². The molecule has 0 aliphatic carbocycles. The third-order valence-corrected chi connectivity index (χ3v) is 6.31. The van der Waals surface area contributed by atoms with E-state index < -0.39 is 0 Å². The molecule has 5 rings (SSSR count).